The number of anilines is 2. The number of carbonyl (C=O) groups excluding carboxylic acids is 1. The van der Waals surface area contributed by atoms with Gasteiger partial charge in [0.25, 0.3) is 5.69 Å². The van der Waals surface area contributed by atoms with E-state index < -0.39 is 4.92 Å². The molecule has 9 nitrogen and oxygen atoms in total. The zero-order chi connectivity index (χ0) is 22.5. The van der Waals surface area contributed by atoms with Crippen LogP contribution in [0.25, 0.3) is 11.3 Å². The van der Waals surface area contributed by atoms with Crippen LogP contribution in [0, 0.1) is 16.0 Å². The van der Waals surface area contributed by atoms with E-state index in [0.29, 0.717) is 23.7 Å². The van der Waals surface area contributed by atoms with Crippen molar-refractivity contribution in [2.45, 2.75) is 12.8 Å². The lowest BCUT2D eigenvalue weighted by molar-refractivity contribution is -0.384. The quantitative estimate of drug-likeness (QED) is 0.463. The number of benzene rings is 2. The van der Waals surface area contributed by atoms with Crippen LogP contribution in [0.1, 0.15) is 12.8 Å². The number of methoxy groups -OCH3 is 1. The molecule has 3 aromatic rings. The molecule has 0 spiro atoms. The van der Waals surface area contributed by atoms with Crippen LogP contribution in [-0.2, 0) is 4.79 Å². The van der Waals surface area contributed by atoms with Crippen LogP contribution < -0.4 is 15.0 Å². The SMILES string of the molecule is COc1ccccc1-c1ccc(N2CCC[C@H](C(=O)Nc3cccc([N+](=O)[O-])c3)C2)nn1. The maximum absolute atomic E-state index is 12.8. The molecule has 0 saturated carbocycles. The lowest BCUT2D eigenvalue weighted by atomic mass is 9.97. The highest BCUT2D eigenvalue weighted by atomic mass is 16.6. The molecule has 0 bridgehead atoms. The van der Waals surface area contributed by atoms with Crippen molar-refractivity contribution in [2.24, 2.45) is 5.92 Å². The number of nitrogens with one attached hydrogen (secondary N) is 1. The van der Waals surface area contributed by atoms with E-state index in [0.717, 1.165) is 30.7 Å². The van der Waals surface area contributed by atoms with Gasteiger partial charge in [-0.05, 0) is 43.2 Å². The fourth-order valence-corrected chi connectivity index (χ4v) is 3.83. The number of non-ortho nitro benzene ring substituents is 1. The summed E-state index contributed by atoms with van der Waals surface area (Å²) in [7, 11) is 1.62. The third-order valence-electron chi connectivity index (χ3n) is 5.47. The summed E-state index contributed by atoms with van der Waals surface area (Å²) in [5.74, 6) is 1.02. The first-order chi connectivity index (χ1) is 15.5. The molecule has 164 valence electrons. The van der Waals surface area contributed by atoms with Crippen molar-refractivity contribution in [3.63, 3.8) is 0 Å². The molecule has 1 atom stereocenters. The van der Waals surface area contributed by atoms with E-state index >= 15 is 0 Å². The highest BCUT2D eigenvalue weighted by Crippen LogP contribution is 2.29. The first-order valence-corrected chi connectivity index (χ1v) is 10.3. The standard InChI is InChI=1S/C23H23N5O4/c1-32-21-10-3-2-9-19(21)20-11-12-22(26-25-20)27-13-5-6-16(15-27)23(29)24-17-7-4-8-18(14-17)28(30)31/h2-4,7-12,14,16H,5-6,13,15H2,1H3,(H,24,29)/t16-/m0/s1. The minimum Gasteiger partial charge on any atom is -0.496 e. The van der Waals surface area contributed by atoms with Crippen molar-refractivity contribution in [3.8, 4) is 17.0 Å². The molecule has 0 unspecified atom stereocenters. The van der Waals surface area contributed by atoms with E-state index in [9.17, 15) is 14.9 Å². The number of hydrogen-bond acceptors (Lipinski definition) is 7. The largest absolute Gasteiger partial charge is 0.496 e. The molecule has 2 heterocycles. The van der Waals surface area contributed by atoms with Gasteiger partial charge in [0.2, 0.25) is 5.91 Å². The van der Waals surface area contributed by atoms with Gasteiger partial charge in [0.05, 0.1) is 23.6 Å². The second kappa shape index (κ2) is 9.42. The fourth-order valence-electron chi connectivity index (χ4n) is 3.83. The number of aromatic nitrogens is 2. The Morgan fingerprint density at radius 2 is 2.00 bits per heavy atom. The lowest BCUT2D eigenvalue weighted by Crippen LogP contribution is -2.41. The number of nitrogens with zero attached hydrogens (tertiary/aromatic N) is 4. The number of amides is 1. The van der Waals surface area contributed by atoms with Crippen molar-refractivity contribution in [1.29, 1.82) is 0 Å². The zero-order valence-corrected chi connectivity index (χ0v) is 17.6. The number of piperidine rings is 1. The Hall–Kier alpha value is -4.01. The molecule has 1 aliphatic rings. The van der Waals surface area contributed by atoms with Gasteiger partial charge in [0, 0.05) is 36.5 Å². The molecule has 4 rings (SSSR count). The Morgan fingerprint density at radius 3 is 2.75 bits per heavy atom. The fraction of sp³-hybridized carbons (Fsp3) is 0.261. The number of para-hydroxylation sites is 1. The molecule has 1 aliphatic heterocycles. The number of nitro groups is 1. The number of ether oxygens (including phenoxy) is 1. The van der Waals surface area contributed by atoms with E-state index in [1.807, 2.05) is 41.3 Å². The van der Waals surface area contributed by atoms with E-state index in [1.54, 1.807) is 19.2 Å². The van der Waals surface area contributed by atoms with Gasteiger partial charge in [-0.2, -0.15) is 0 Å². The van der Waals surface area contributed by atoms with Crippen LogP contribution in [0.5, 0.6) is 5.75 Å². The van der Waals surface area contributed by atoms with Crippen molar-refractivity contribution in [3.05, 3.63) is 70.8 Å². The van der Waals surface area contributed by atoms with Crippen molar-refractivity contribution in [2.75, 3.05) is 30.4 Å². The maximum atomic E-state index is 12.8. The summed E-state index contributed by atoms with van der Waals surface area (Å²) in [6.07, 6.45) is 1.58. The van der Waals surface area contributed by atoms with Crippen molar-refractivity contribution in [1.82, 2.24) is 10.2 Å². The summed E-state index contributed by atoms with van der Waals surface area (Å²) in [5, 5.41) is 22.5. The predicted molar refractivity (Wildman–Crippen MR) is 121 cm³/mol. The lowest BCUT2D eigenvalue weighted by Gasteiger charge is -2.32. The molecule has 1 aromatic heterocycles. The van der Waals surface area contributed by atoms with E-state index in [2.05, 4.69) is 15.5 Å². The van der Waals surface area contributed by atoms with Gasteiger partial charge in [-0.1, -0.05) is 18.2 Å². The highest BCUT2D eigenvalue weighted by molar-refractivity contribution is 5.93. The van der Waals surface area contributed by atoms with Crippen molar-refractivity contribution >= 4 is 23.1 Å². The van der Waals surface area contributed by atoms with Gasteiger partial charge in [-0.25, -0.2) is 0 Å². The summed E-state index contributed by atoms with van der Waals surface area (Å²) in [6.45, 7) is 1.28. The summed E-state index contributed by atoms with van der Waals surface area (Å²) in [5.41, 5.74) is 1.94. The van der Waals surface area contributed by atoms with E-state index in [4.69, 9.17) is 4.74 Å². The molecule has 0 aliphatic carbocycles. The molecule has 1 saturated heterocycles. The van der Waals surface area contributed by atoms with Gasteiger partial charge in [0.1, 0.15) is 5.75 Å². The Bertz CT molecular complexity index is 1120. The van der Waals surface area contributed by atoms with Gasteiger partial charge >= 0.3 is 0 Å². The second-order valence-corrected chi connectivity index (χ2v) is 7.56. The maximum Gasteiger partial charge on any atom is 0.271 e. The smallest absolute Gasteiger partial charge is 0.271 e. The van der Waals surface area contributed by atoms with Crippen LogP contribution >= 0.6 is 0 Å². The molecule has 1 fully saturated rings. The van der Waals surface area contributed by atoms with Gasteiger partial charge in [-0.15, -0.1) is 10.2 Å². The highest BCUT2D eigenvalue weighted by Gasteiger charge is 2.27. The number of rotatable bonds is 6. The first kappa shape index (κ1) is 21.2. The number of nitro benzene ring substituents is 1. The molecule has 1 N–H and O–H groups in total. The number of hydrogen-bond donors (Lipinski definition) is 1. The first-order valence-electron chi connectivity index (χ1n) is 10.3. The predicted octanol–water partition coefficient (Wildman–Crippen LogP) is 3.92. The normalized spacial score (nSPS) is 15.8. The van der Waals surface area contributed by atoms with E-state index in [1.165, 1.54) is 12.1 Å². The monoisotopic (exact) mass is 433 g/mol. The minimum absolute atomic E-state index is 0.0570. The van der Waals surface area contributed by atoms with Crippen molar-refractivity contribution < 1.29 is 14.5 Å². The third kappa shape index (κ3) is 4.66. The minimum atomic E-state index is -0.481. The average Bonchev–Trinajstić information content (AvgIpc) is 2.84. The summed E-state index contributed by atoms with van der Waals surface area (Å²) in [4.78, 5) is 25.3. The molecule has 2 aromatic carbocycles. The average molecular weight is 433 g/mol. The molecule has 9 heteroatoms. The third-order valence-corrected chi connectivity index (χ3v) is 5.47. The topological polar surface area (TPSA) is 110 Å². The Labute approximate surface area is 185 Å². The second-order valence-electron chi connectivity index (χ2n) is 7.56. The zero-order valence-electron chi connectivity index (χ0n) is 17.6. The molecule has 1 amide bonds. The van der Waals surface area contributed by atoms with E-state index in [-0.39, 0.29) is 17.5 Å². The molecular weight excluding hydrogens is 410 g/mol. The van der Waals surface area contributed by atoms with Crippen LogP contribution in [0.3, 0.4) is 0 Å². The van der Waals surface area contributed by atoms with Gasteiger partial charge < -0.3 is 15.0 Å². The summed E-state index contributed by atoms with van der Waals surface area (Å²) < 4.78 is 5.40. The van der Waals surface area contributed by atoms with Gasteiger partial charge in [0.15, 0.2) is 5.82 Å². The number of carbonyl (C=O) groups is 1. The Morgan fingerprint density at radius 1 is 1.16 bits per heavy atom. The Balaban J connectivity index is 1.44. The van der Waals surface area contributed by atoms with Crippen LogP contribution in [0.4, 0.5) is 17.2 Å². The molecule has 32 heavy (non-hydrogen) atoms. The van der Waals surface area contributed by atoms with Crippen LogP contribution in [0.2, 0.25) is 0 Å². The van der Waals surface area contributed by atoms with Crippen LogP contribution in [-0.4, -0.2) is 41.2 Å². The summed E-state index contributed by atoms with van der Waals surface area (Å²) >= 11 is 0. The van der Waals surface area contributed by atoms with Crippen LogP contribution in [0.15, 0.2) is 60.7 Å². The van der Waals surface area contributed by atoms with Gasteiger partial charge in [-0.3, -0.25) is 14.9 Å². The molecular formula is C23H23N5O4. The molecule has 0 radical (unpaired) electrons. The summed E-state index contributed by atoms with van der Waals surface area (Å²) in [6, 6.07) is 17.4. The Kier molecular flexibility index (Phi) is 6.25.